The molecular weight excluding hydrogens is 452 g/mol. The molecule has 9 heteroatoms. The first-order valence-electron chi connectivity index (χ1n) is 12.3. The maximum absolute atomic E-state index is 13.2. The predicted octanol–water partition coefficient (Wildman–Crippen LogP) is 4.47. The first-order chi connectivity index (χ1) is 17.5. The predicted molar refractivity (Wildman–Crippen MR) is 145 cm³/mol. The molecule has 0 unspecified atom stereocenters. The second kappa shape index (κ2) is 10.2. The van der Waals surface area contributed by atoms with Crippen molar-refractivity contribution in [3.63, 3.8) is 0 Å². The maximum Gasteiger partial charge on any atom is 0.276 e. The average molecular weight is 485 g/mol. The van der Waals surface area contributed by atoms with Crippen molar-refractivity contribution < 1.29 is 4.79 Å². The number of imidazole rings is 1. The van der Waals surface area contributed by atoms with Gasteiger partial charge in [-0.1, -0.05) is 18.2 Å². The molecule has 5 N–H and O–H groups in total. The summed E-state index contributed by atoms with van der Waals surface area (Å²) < 4.78 is 1.60. The highest BCUT2D eigenvalue weighted by molar-refractivity contribution is 6.03. The van der Waals surface area contributed by atoms with Crippen molar-refractivity contribution >= 4 is 40.1 Å². The standard InChI is InChI=1S/C27H32N8O/c1-34(2)22-14-12-21(13-15-22)32-27(36)24-17-29-26-23(30-19-6-4-3-5-7-19)16-25(33-35(24)26)31-20-10-8-18(28)9-11-20/h3-7,12-18,20,30H,8-11,28H2,1-2H3,(H,31,33)(H,32,36)/t18-,20-. The molecule has 4 aromatic rings. The van der Waals surface area contributed by atoms with Crippen LogP contribution >= 0.6 is 0 Å². The van der Waals surface area contributed by atoms with Gasteiger partial charge in [-0.2, -0.15) is 0 Å². The second-order valence-corrected chi connectivity index (χ2v) is 9.46. The molecule has 0 aliphatic heterocycles. The van der Waals surface area contributed by atoms with Gasteiger partial charge in [-0.05, 0) is 62.1 Å². The van der Waals surface area contributed by atoms with Crippen LogP contribution in [0, 0.1) is 0 Å². The number of nitrogens with two attached hydrogens (primary N) is 1. The number of fused-ring (bicyclic) bond motifs is 1. The van der Waals surface area contributed by atoms with Crippen molar-refractivity contribution in [1.82, 2.24) is 14.6 Å². The molecule has 2 aromatic heterocycles. The molecule has 0 radical (unpaired) electrons. The van der Waals surface area contributed by atoms with Gasteiger partial charge in [0, 0.05) is 49.3 Å². The van der Waals surface area contributed by atoms with Crippen LogP contribution in [0.4, 0.5) is 28.6 Å². The number of rotatable bonds is 7. The van der Waals surface area contributed by atoms with Gasteiger partial charge >= 0.3 is 0 Å². The second-order valence-electron chi connectivity index (χ2n) is 9.46. The maximum atomic E-state index is 13.2. The number of amides is 1. The zero-order valence-electron chi connectivity index (χ0n) is 20.6. The number of anilines is 5. The number of hydrogen-bond donors (Lipinski definition) is 4. The van der Waals surface area contributed by atoms with Crippen LogP contribution in [0.25, 0.3) is 5.65 Å². The lowest BCUT2D eigenvalue weighted by atomic mass is 9.92. The average Bonchev–Trinajstić information content (AvgIpc) is 3.31. The zero-order valence-corrected chi connectivity index (χ0v) is 20.6. The highest BCUT2D eigenvalue weighted by atomic mass is 16.2. The van der Waals surface area contributed by atoms with Gasteiger partial charge in [-0.3, -0.25) is 4.79 Å². The van der Waals surface area contributed by atoms with Crippen molar-refractivity contribution in [1.29, 1.82) is 0 Å². The van der Waals surface area contributed by atoms with Crippen LogP contribution in [0.3, 0.4) is 0 Å². The van der Waals surface area contributed by atoms with Crippen molar-refractivity contribution in [3.05, 3.63) is 72.6 Å². The van der Waals surface area contributed by atoms with E-state index in [0.29, 0.717) is 22.8 Å². The summed E-state index contributed by atoms with van der Waals surface area (Å²) in [6.45, 7) is 0. The molecule has 1 fully saturated rings. The van der Waals surface area contributed by atoms with Gasteiger partial charge in [-0.25, -0.2) is 9.50 Å². The van der Waals surface area contributed by atoms with Gasteiger partial charge in [0.1, 0.15) is 5.82 Å². The third-order valence-corrected chi connectivity index (χ3v) is 6.52. The third-order valence-electron chi connectivity index (χ3n) is 6.52. The summed E-state index contributed by atoms with van der Waals surface area (Å²) in [5.41, 5.74) is 10.5. The van der Waals surface area contributed by atoms with Crippen molar-refractivity contribution in [2.24, 2.45) is 5.73 Å². The van der Waals surface area contributed by atoms with Gasteiger partial charge in [0.2, 0.25) is 0 Å². The first-order valence-corrected chi connectivity index (χ1v) is 12.3. The summed E-state index contributed by atoms with van der Waals surface area (Å²) in [5.74, 6) is 0.405. The molecule has 0 saturated heterocycles. The van der Waals surface area contributed by atoms with E-state index in [4.69, 9.17) is 10.8 Å². The number of benzene rings is 2. The number of para-hydroxylation sites is 1. The molecule has 1 amide bonds. The van der Waals surface area contributed by atoms with Crippen LogP contribution in [0.15, 0.2) is 66.9 Å². The minimum absolute atomic E-state index is 0.268. The summed E-state index contributed by atoms with van der Waals surface area (Å²) in [7, 11) is 3.96. The molecule has 2 heterocycles. The Hall–Kier alpha value is -4.11. The van der Waals surface area contributed by atoms with Gasteiger partial charge in [0.25, 0.3) is 5.91 Å². The smallest absolute Gasteiger partial charge is 0.276 e. The topological polar surface area (TPSA) is 113 Å². The fourth-order valence-electron chi connectivity index (χ4n) is 4.47. The Morgan fingerprint density at radius 2 is 1.72 bits per heavy atom. The number of carbonyl (C=O) groups is 1. The number of aromatic nitrogens is 3. The Balaban J connectivity index is 1.46. The van der Waals surface area contributed by atoms with Crippen molar-refractivity contribution in [3.8, 4) is 0 Å². The molecule has 5 rings (SSSR count). The van der Waals surface area contributed by atoms with E-state index in [1.54, 1.807) is 10.7 Å². The Labute approximate surface area is 210 Å². The summed E-state index contributed by atoms with van der Waals surface area (Å²) in [4.78, 5) is 19.8. The number of hydrogen-bond acceptors (Lipinski definition) is 7. The zero-order chi connectivity index (χ0) is 25.1. The quantitative estimate of drug-likeness (QED) is 0.306. The van der Waals surface area contributed by atoms with Crippen LogP contribution in [0.1, 0.15) is 36.2 Å². The van der Waals surface area contributed by atoms with Crippen molar-refractivity contribution in [2.75, 3.05) is 34.9 Å². The number of nitrogens with one attached hydrogen (secondary N) is 3. The van der Waals surface area contributed by atoms with E-state index in [0.717, 1.165) is 42.7 Å². The van der Waals surface area contributed by atoms with Crippen LogP contribution in [-0.2, 0) is 0 Å². The SMILES string of the molecule is CN(C)c1ccc(NC(=O)c2cnc3c(Nc4ccccc4)cc(N[C@H]4CC[C@H](N)CC4)nn23)cc1. The lowest BCUT2D eigenvalue weighted by molar-refractivity contribution is 0.102. The van der Waals surface area contributed by atoms with Gasteiger partial charge < -0.3 is 26.6 Å². The van der Waals surface area contributed by atoms with E-state index < -0.39 is 0 Å². The largest absolute Gasteiger partial charge is 0.378 e. The lowest BCUT2D eigenvalue weighted by Gasteiger charge is -2.27. The summed E-state index contributed by atoms with van der Waals surface area (Å²) in [6.07, 6.45) is 5.51. The molecule has 1 saturated carbocycles. The minimum atomic E-state index is -0.279. The molecule has 0 bridgehead atoms. The summed E-state index contributed by atoms with van der Waals surface area (Å²) in [6, 6.07) is 20.1. The molecule has 1 aliphatic carbocycles. The minimum Gasteiger partial charge on any atom is -0.378 e. The van der Waals surface area contributed by atoms with Gasteiger partial charge in [-0.15, -0.1) is 5.10 Å². The van der Waals surface area contributed by atoms with Crippen LogP contribution < -0.4 is 26.6 Å². The van der Waals surface area contributed by atoms with Crippen LogP contribution in [-0.4, -0.2) is 46.7 Å². The molecule has 36 heavy (non-hydrogen) atoms. The van der Waals surface area contributed by atoms with E-state index in [9.17, 15) is 4.79 Å². The molecule has 1 aliphatic rings. The van der Waals surface area contributed by atoms with E-state index >= 15 is 0 Å². The fraction of sp³-hybridized carbons (Fsp3) is 0.296. The molecule has 186 valence electrons. The Morgan fingerprint density at radius 3 is 2.42 bits per heavy atom. The molecule has 2 aromatic carbocycles. The van der Waals surface area contributed by atoms with Gasteiger partial charge in [0.05, 0.1) is 11.9 Å². The molecule has 9 nitrogen and oxygen atoms in total. The van der Waals surface area contributed by atoms with Gasteiger partial charge in [0.15, 0.2) is 11.3 Å². The van der Waals surface area contributed by atoms with E-state index in [1.165, 1.54) is 0 Å². The molecule has 0 spiro atoms. The number of nitrogens with zero attached hydrogens (tertiary/aromatic N) is 4. The van der Waals surface area contributed by atoms with Crippen LogP contribution in [0.2, 0.25) is 0 Å². The lowest BCUT2D eigenvalue weighted by Crippen LogP contribution is -2.33. The fourth-order valence-corrected chi connectivity index (χ4v) is 4.47. The normalized spacial score (nSPS) is 17.5. The Bertz CT molecular complexity index is 1330. The first kappa shape index (κ1) is 23.6. The number of carbonyl (C=O) groups excluding carboxylic acids is 1. The molecular formula is C27H32N8O. The highest BCUT2D eigenvalue weighted by Crippen LogP contribution is 2.27. The van der Waals surface area contributed by atoms with E-state index in [2.05, 4.69) is 20.9 Å². The Morgan fingerprint density at radius 1 is 1.00 bits per heavy atom. The van der Waals surface area contributed by atoms with E-state index in [1.807, 2.05) is 79.7 Å². The van der Waals surface area contributed by atoms with Crippen molar-refractivity contribution in [2.45, 2.75) is 37.8 Å². The van der Waals surface area contributed by atoms with Crippen LogP contribution in [0.5, 0.6) is 0 Å². The Kier molecular flexibility index (Phi) is 6.73. The molecule has 0 atom stereocenters. The summed E-state index contributed by atoms with van der Waals surface area (Å²) >= 11 is 0. The third kappa shape index (κ3) is 5.26. The summed E-state index contributed by atoms with van der Waals surface area (Å²) in [5, 5.41) is 14.7. The monoisotopic (exact) mass is 484 g/mol. The van der Waals surface area contributed by atoms with E-state index in [-0.39, 0.29) is 18.0 Å². The highest BCUT2D eigenvalue weighted by Gasteiger charge is 2.21.